The van der Waals surface area contributed by atoms with Gasteiger partial charge in [0.15, 0.2) is 0 Å². The van der Waals surface area contributed by atoms with Crippen molar-refractivity contribution in [3.63, 3.8) is 0 Å². The fraction of sp³-hybridized carbons (Fsp3) is 0.190. The SMILES string of the molecule is CCOc1ccccc1NC(=O)Cn1ncc2c([nH]c3ccc(C)cc32)c1=O. The predicted molar refractivity (Wildman–Crippen MR) is 109 cm³/mol. The molecule has 0 saturated carbocycles. The first-order valence-electron chi connectivity index (χ1n) is 9.06. The van der Waals surface area contributed by atoms with E-state index in [1.807, 2.05) is 38.1 Å². The number of nitrogens with one attached hydrogen (secondary N) is 2. The Balaban J connectivity index is 1.63. The Bertz CT molecular complexity index is 1240. The fourth-order valence-corrected chi connectivity index (χ4v) is 3.23. The number of aromatic nitrogens is 3. The summed E-state index contributed by atoms with van der Waals surface area (Å²) in [4.78, 5) is 28.4. The molecule has 0 atom stereocenters. The normalized spacial score (nSPS) is 11.1. The lowest BCUT2D eigenvalue weighted by Gasteiger charge is -2.11. The van der Waals surface area contributed by atoms with Crippen LogP contribution in [0.5, 0.6) is 5.75 Å². The molecule has 0 aliphatic rings. The van der Waals surface area contributed by atoms with Crippen molar-refractivity contribution in [2.45, 2.75) is 20.4 Å². The van der Waals surface area contributed by atoms with E-state index in [2.05, 4.69) is 15.4 Å². The second-order valence-electron chi connectivity index (χ2n) is 6.55. The summed E-state index contributed by atoms with van der Waals surface area (Å²) in [6.07, 6.45) is 1.62. The van der Waals surface area contributed by atoms with Crippen LogP contribution >= 0.6 is 0 Å². The van der Waals surface area contributed by atoms with Gasteiger partial charge in [-0.15, -0.1) is 0 Å². The van der Waals surface area contributed by atoms with E-state index < -0.39 is 0 Å². The van der Waals surface area contributed by atoms with Crippen molar-refractivity contribution in [3.8, 4) is 5.75 Å². The van der Waals surface area contributed by atoms with E-state index in [0.29, 0.717) is 23.6 Å². The number of hydrogen-bond acceptors (Lipinski definition) is 4. The number of anilines is 1. The van der Waals surface area contributed by atoms with Gasteiger partial charge in [0.2, 0.25) is 5.91 Å². The fourth-order valence-electron chi connectivity index (χ4n) is 3.23. The summed E-state index contributed by atoms with van der Waals surface area (Å²) in [5.74, 6) is 0.230. The maximum Gasteiger partial charge on any atom is 0.291 e. The number of H-pyrrole nitrogens is 1. The number of benzene rings is 2. The number of rotatable bonds is 5. The highest BCUT2D eigenvalue weighted by Crippen LogP contribution is 2.24. The van der Waals surface area contributed by atoms with E-state index in [1.54, 1.807) is 24.4 Å². The molecule has 0 aliphatic carbocycles. The number of carbonyl (C=O) groups is 1. The smallest absolute Gasteiger partial charge is 0.291 e. The van der Waals surface area contributed by atoms with Crippen LogP contribution in [-0.4, -0.2) is 27.3 Å². The van der Waals surface area contributed by atoms with Crippen LogP contribution in [0.25, 0.3) is 21.8 Å². The largest absolute Gasteiger partial charge is 0.492 e. The zero-order chi connectivity index (χ0) is 19.7. The number of fused-ring (bicyclic) bond motifs is 3. The molecule has 0 unspecified atom stereocenters. The van der Waals surface area contributed by atoms with Gasteiger partial charge in [-0.3, -0.25) is 9.59 Å². The predicted octanol–water partition coefficient (Wildman–Crippen LogP) is 3.22. The number of hydrogen-bond donors (Lipinski definition) is 2. The molecule has 0 bridgehead atoms. The van der Waals surface area contributed by atoms with Gasteiger partial charge in [-0.25, -0.2) is 4.68 Å². The Morgan fingerprint density at radius 2 is 2.04 bits per heavy atom. The van der Waals surface area contributed by atoms with Crippen molar-refractivity contribution in [2.75, 3.05) is 11.9 Å². The molecular formula is C21H20N4O3. The van der Waals surface area contributed by atoms with Crippen molar-refractivity contribution in [3.05, 3.63) is 64.6 Å². The summed E-state index contributed by atoms with van der Waals surface area (Å²) >= 11 is 0. The number of nitrogens with zero attached hydrogens (tertiary/aromatic N) is 2. The molecule has 142 valence electrons. The van der Waals surface area contributed by atoms with E-state index in [9.17, 15) is 9.59 Å². The molecule has 1 amide bonds. The lowest BCUT2D eigenvalue weighted by atomic mass is 10.1. The van der Waals surface area contributed by atoms with E-state index in [4.69, 9.17) is 4.74 Å². The van der Waals surface area contributed by atoms with Gasteiger partial charge in [-0.1, -0.05) is 23.8 Å². The molecule has 0 radical (unpaired) electrons. The second kappa shape index (κ2) is 7.19. The lowest BCUT2D eigenvalue weighted by molar-refractivity contribution is -0.117. The average Bonchev–Trinajstić information content (AvgIpc) is 3.04. The van der Waals surface area contributed by atoms with Gasteiger partial charge in [0, 0.05) is 16.3 Å². The molecule has 0 spiro atoms. The molecule has 0 saturated heterocycles. The van der Waals surface area contributed by atoms with E-state index in [1.165, 1.54) is 0 Å². The summed E-state index contributed by atoms with van der Waals surface area (Å²) in [5, 5.41) is 8.67. The van der Waals surface area contributed by atoms with Gasteiger partial charge in [0.1, 0.15) is 17.8 Å². The van der Waals surface area contributed by atoms with Crippen LogP contribution in [0.15, 0.2) is 53.5 Å². The summed E-state index contributed by atoms with van der Waals surface area (Å²) in [6, 6.07) is 13.1. The van der Waals surface area contributed by atoms with E-state index in [-0.39, 0.29) is 18.0 Å². The van der Waals surface area contributed by atoms with Crippen LogP contribution in [0, 0.1) is 6.92 Å². The van der Waals surface area contributed by atoms with Crippen LogP contribution in [0.1, 0.15) is 12.5 Å². The highest BCUT2D eigenvalue weighted by atomic mass is 16.5. The minimum absolute atomic E-state index is 0.191. The summed E-state index contributed by atoms with van der Waals surface area (Å²) in [7, 11) is 0. The number of aromatic amines is 1. The minimum Gasteiger partial charge on any atom is -0.492 e. The molecule has 4 aromatic rings. The van der Waals surface area contributed by atoms with Crippen LogP contribution in [-0.2, 0) is 11.3 Å². The van der Waals surface area contributed by atoms with Gasteiger partial charge in [-0.05, 0) is 38.1 Å². The molecule has 2 aromatic heterocycles. The topological polar surface area (TPSA) is 89.0 Å². The Hall–Kier alpha value is -3.61. The van der Waals surface area contributed by atoms with Gasteiger partial charge in [-0.2, -0.15) is 5.10 Å². The number of para-hydroxylation sites is 2. The Kier molecular flexibility index (Phi) is 4.57. The molecule has 4 rings (SSSR count). The second-order valence-corrected chi connectivity index (χ2v) is 6.55. The third-order valence-corrected chi connectivity index (χ3v) is 4.52. The number of carbonyl (C=O) groups excluding carboxylic acids is 1. The summed E-state index contributed by atoms with van der Waals surface area (Å²) in [6.45, 7) is 4.17. The maximum absolute atomic E-state index is 12.8. The van der Waals surface area contributed by atoms with Crippen LogP contribution in [0.2, 0.25) is 0 Å². The molecule has 2 N–H and O–H groups in total. The first-order chi connectivity index (χ1) is 13.6. The van der Waals surface area contributed by atoms with Crippen molar-refractivity contribution in [1.82, 2.24) is 14.8 Å². The van der Waals surface area contributed by atoms with Crippen molar-refractivity contribution in [1.29, 1.82) is 0 Å². The van der Waals surface area contributed by atoms with Gasteiger partial charge >= 0.3 is 0 Å². The average molecular weight is 376 g/mol. The highest BCUT2D eigenvalue weighted by Gasteiger charge is 2.14. The molecular weight excluding hydrogens is 356 g/mol. The van der Waals surface area contributed by atoms with Gasteiger partial charge in [0.05, 0.1) is 18.5 Å². The highest BCUT2D eigenvalue weighted by molar-refractivity contribution is 6.06. The van der Waals surface area contributed by atoms with Gasteiger partial charge in [0.25, 0.3) is 5.56 Å². The van der Waals surface area contributed by atoms with E-state index >= 15 is 0 Å². The van der Waals surface area contributed by atoms with Crippen LogP contribution in [0.3, 0.4) is 0 Å². The van der Waals surface area contributed by atoms with Crippen molar-refractivity contribution < 1.29 is 9.53 Å². The number of aryl methyl sites for hydroxylation is 1. The first kappa shape index (κ1) is 17.8. The molecule has 0 aliphatic heterocycles. The minimum atomic E-state index is -0.354. The van der Waals surface area contributed by atoms with Crippen molar-refractivity contribution in [2.24, 2.45) is 0 Å². The molecule has 2 heterocycles. The molecule has 7 heteroatoms. The molecule has 28 heavy (non-hydrogen) atoms. The zero-order valence-corrected chi connectivity index (χ0v) is 15.7. The first-order valence-corrected chi connectivity index (χ1v) is 9.06. The third kappa shape index (κ3) is 3.22. The Morgan fingerprint density at radius 3 is 2.86 bits per heavy atom. The van der Waals surface area contributed by atoms with E-state index in [0.717, 1.165) is 26.5 Å². The quantitative estimate of drug-likeness (QED) is 0.560. The standard InChI is InChI=1S/C21H20N4O3/c1-3-28-18-7-5-4-6-17(18)23-19(26)12-25-21(27)20-15(11-22-25)14-10-13(2)8-9-16(14)24-20/h4-11,24H,3,12H2,1-2H3,(H,23,26). The number of ether oxygens (including phenoxy) is 1. The third-order valence-electron chi connectivity index (χ3n) is 4.52. The maximum atomic E-state index is 12.8. The Morgan fingerprint density at radius 1 is 1.21 bits per heavy atom. The summed E-state index contributed by atoms with van der Waals surface area (Å²) in [5.41, 5.74) is 2.64. The van der Waals surface area contributed by atoms with Crippen molar-refractivity contribution >= 4 is 33.4 Å². The van der Waals surface area contributed by atoms with Gasteiger partial charge < -0.3 is 15.0 Å². The molecule has 7 nitrogen and oxygen atoms in total. The molecule has 2 aromatic carbocycles. The lowest BCUT2D eigenvalue weighted by Crippen LogP contribution is -2.29. The Labute approximate surface area is 160 Å². The zero-order valence-electron chi connectivity index (χ0n) is 15.7. The molecule has 0 fully saturated rings. The monoisotopic (exact) mass is 376 g/mol. The number of amides is 1. The van der Waals surface area contributed by atoms with Crippen LogP contribution < -0.4 is 15.6 Å². The van der Waals surface area contributed by atoms with Crippen LogP contribution in [0.4, 0.5) is 5.69 Å². The summed E-state index contributed by atoms with van der Waals surface area (Å²) < 4.78 is 6.66.